The number of thiophene rings is 1. The van der Waals surface area contributed by atoms with E-state index in [2.05, 4.69) is 5.32 Å². The number of fused-ring (bicyclic) bond motifs is 1. The highest BCUT2D eigenvalue weighted by atomic mass is 32.2. The first kappa shape index (κ1) is 21.8. The lowest BCUT2D eigenvalue weighted by Gasteiger charge is -2.12. The number of amides is 1. The van der Waals surface area contributed by atoms with Crippen LogP contribution in [0.4, 0.5) is 5.69 Å². The Morgan fingerprint density at radius 1 is 1.16 bits per heavy atom. The highest BCUT2D eigenvalue weighted by Gasteiger charge is 2.18. The first-order valence-corrected chi connectivity index (χ1v) is 11.7. The smallest absolute Gasteiger partial charge is 0.263 e. The zero-order valence-corrected chi connectivity index (χ0v) is 19.2. The van der Waals surface area contributed by atoms with E-state index in [1.54, 1.807) is 28.8 Å². The summed E-state index contributed by atoms with van der Waals surface area (Å²) in [7, 11) is 0. The Morgan fingerprint density at radius 3 is 2.56 bits per heavy atom. The molecule has 2 aromatic heterocycles. The SMILES string of the molecule is Cc1sc2nc(SCC(=O)Nc3ccc(C#N)cc3)n(Cc3ccccc3)c(=O)c2c1C. The van der Waals surface area contributed by atoms with Crippen LogP contribution in [0.2, 0.25) is 0 Å². The fourth-order valence-electron chi connectivity index (χ4n) is 3.28. The molecule has 0 radical (unpaired) electrons. The van der Waals surface area contributed by atoms with Gasteiger partial charge in [-0.3, -0.25) is 14.2 Å². The predicted octanol–water partition coefficient (Wildman–Crippen LogP) is 4.73. The fraction of sp³-hybridized carbons (Fsp3) is 0.167. The third kappa shape index (κ3) is 4.59. The van der Waals surface area contributed by atoms with Crippen molar-refractivity contribution in [3.05, 3.63) is 86.5 Å². The molecule has 0 spiro atoms. The minimum Gasteiger partial charge on any atom is -0.325 e. The summed E-state index contributed by atoms with van der Waals surface area (Å²) in [6.45, 7) is 4.32. The summed E-state index contributed by atoms with van der Waals surface area (Å²) in [4.78, 5) is 32.4. The number of nitriles is 1. The molecule has 0 aliphatic carbocycles. The first-order chi connectivity index (χ1) is 15.5. The molecule has 8 heteroatoms. The number of hydrogen-bond acceptors (Lipinski definition) is 6. The van der Waals surface area contributed by atoms with Gasteiger partial charge in [-0.05, 0) is 49.2 Å². The van der Waals surface area contributed by atoms with Crippen molar-refractivity contribution < 1.29 is 4.79 Å². The van der Waals surface area contributed by atoms with Gasteiger partial charge in [0, 0.05) is 10.6 Å². The average Bonchev–Trinajstić information content (AvgIpc) is 3.09. The maximum absolute atomic E-state index is 13.4. The van der Waals surface area contributed by atoms with E-state index in [0.29, 0.717) is 33.2 Å². The van der Waals surface area contributed by atoms with Gasteiger partial charge < -0.3 is 5.32 Å². The number of benzene rings is 2. The number of carbonyl (C=O) groups excluding carboxylic acids is 1. The zero-order chi connectivity index (χ0) is 22.7. The van der Waals surface area contributed by atoms with E-state index in [4.69, 9.17) is 10.2 Å². The van der Waals surface area contributed by atoms with Crippen LogP contribution >= 0.6 is 23.1 Å². The van der Waals surface area contributed by atoms with E-state index in [9.17, 15) is 9.59 Å². The van der Waals surface area contributed by atoms with E-state index in [1.165, 1.54) is 23.1 Å². The highest BCUT2D eigenvalue weighted by molar-refractivity contribution is 7.99. The van der Waals surface area contributed by atoms with Gasteiger partial charge in [0.2, 0.25) is 5.91 Å². The van der Waals surface area contributed by atoms with Crippen LogP contribution < -0.4 is 10.9 Å². The van der Waals surface area contributed by atoms with E-state index in [1.807, 2.05) is 50.2 Å². The standard InChI is InChI=1S/C24H20N4O2S2/c1-15-16(2)32-22-21(15)23(30)28(13-18-6-4-3-5-7-18)24(27-22)31-14-20(29)26-19-10-8-17(12-25)9-11-19/h3-11H,13-14H2,1-2H3,(H,26,29). The van der Waals surface area contributed by atoms with Crippen LogP contribution in [0.1, 0.15) is 21.6 Å². The molecule has 0 aliphatic heterocycles. The van der Waals surface area contributed by atoms with Gasteiger partial charge >= 0.3 is 0 Å². The van der Waals surface area contributed by atoms with Crippen LogP contribution in [0.5, 0.6) is 0 Å². The van der Waals surface area contributed by atoms with E-state index in [-0.39, 0.29) is 17.2 Å². The Hall–Kier alpha value is -3.41. The predicted molar refractivity (Wildman–Crippen MR) is 129 cm³/mol. The lowest BCUT2D eigenvalue weighted by Crippen LogP contribution is -2.24. The summed E-state index contributed by atoms with van der Waals surface area (Å²) < 4.78 is 1.65. The van der Waals surface area contributed by atoms with Gasteiger partial charge in [0.05, 0.1) is 29.3 Å². The second-order valence-electron chi connectivity index (χ2n) is 7.26. The summed E-state index contributed by atoms with van der Waals surface area (Å²) >= 11 is 2.74. The fourth-order valence-corrected chi connectivity index (χ4v) is 5.15. The second-order valence-corrected chi connectivity index (χ2v) is 9.41. The number of aryl methyl sites for hydroxylation is 2. The van der Waals surface area contributed by atoms with Gasteiger partial charge in [-0.15, -0.1) is 11.3 Å². The summed E-state index contributed by atoms with van der Waals surface area (Å²) in [5.74, 6) is -0.102. The molecule has 0 saturated carbocycles. The molecule has 2 aromatic carbocycles. The van der Waals surface area contributed by atoms with Crippen molar-refractivity contribution in [2.24, 2.45) is 0 Å². The number of aromatic nitrogens is 2. The molecule has 32 heavy (non-hydrogen) atoms. The molecule has 0 aliphatic rings. The van der Waals surface area contributed by atoms with Gasteiger partial charge in [0.25, 0.3) is 5.56 Å². The van der Waals surface area contributed by atoms with E-state index < -0.39 is 0 Å². The largest absolute Gasteiger partial charge is 0.325 e. The van der Waals surface area contributed by atoms with Gasteiger partial charge in [-0.2, -0.15) is 5.26 Å². The van der Waals surface area contributed by atoms with Crippen molar-refractivity contribution in [3.8, 4) is 6.07 Å². The molecule has 0 atom stereocenters. The Kier molecular flexibility index (Phi) is 6.40. The Morgan fingerprint density at radius 2 is 1.88 bits per heavy atom. The number of nitrogens with zero attached hydrogens (tertiary/aromatic N) is 3. The Bertz CT molecular complexity index is 1380. The molecule has 0 unspecified atom stereocenters. The Balaban J connectivity index is 1.61. The van der Waals surface area contributed by atoms with Crippen LogP contribution in [-0.2, 0) is 11.3 Å². The van der Waals surface area contributed by atoms with Crippen LogP contribution in [0.15, 0.2) is 64.5 Å². The molecular formula is C24H20N4O2S2. The van der Waals surface area contributed by atoms with Crippen molar-refractivity contribution in [3.63, 3.8) is 0 Å². The molecule has 1 N–H and O–H groups in total. The molecule has 6 nitrogen and oxygen atoms in total. The van der Waals surface area contributed by atoms with Gasteiger partial charge in [-0.25, -0.2) is 4.98 Å². The van der Waals surface area contributed by atoms with Crippen LogP contribution in [0, 0.1) is 25.2 Å². The lowest BCUT2D eigenvalue weighted by molar-refractivity contribution is -0.113. The van der Waals surface area contributed by atoms with Crippen LogP contribution in [0.25, 0.3) is 10.2 Å². The molecular weight excluding hydrogens is 440 g/mol. The number of rotatable bonds is 6. The number of thioether (sulfide) groups is 1. The van der Waals surface area contributed by atoms with Crippen molar-refractivity contribution >= 4 is 44.9 Å². The number of anilines is 1. The summed E-state index contributed by atoms with van der Waals surface area (Å²) in [6.07, 6.45) is 0. The maximum atomic E-state index is 13.4. The summed E-state index contributed by atoms with van der Waals surface area (Å²) in [6, 6.07) is 18.5. The quantitative estimate of drug-likeness (QED) is 0.332. The lowest BCUT2D eigenvalue weighted by atomic mass is 10.2. The molecule has 4 aromatic rings. The van der Waals surface area contributed by atoms with Crippen LogP contribution in [0.3, 0.4) is 0 Å². The van der Waals surface area contributed by atoms with Crippen LogP contribution in [-0.4, -0.2) is 21.2 Å². The van der Waals surface area contributed by atoms with Gasteiger partial charge in [-0.1, -0.05) is 42.1 Å². The minimum atomic E-state index is -0.209. The number of carbonyl (C=O) groups is 1. The molecule has 0 bridgehead atoms. The Labute approximate surface area is 193 Å². The number of hydrogen-bond donors (Lipinski definition) is 1. The van der Waals surface area contributed by atoms with Crippen molar-refractivity contribution in [2.45, 2.75) is 25.5 Å². The van der Waals surface area contributed by atoms with Crippen molar-refractivity contribution in [2.75, 3.05) is 11.1 Å². The number of nitrogens with one attached hydrogen (secondary N) is 1. The van der Waals surface area contributed by atoms with Crippen molar-refractivity contribution in [1.29, 1.82) is 5.26 Å². The van der Waals surface area contributed by atoms with Gasteiger partial charge in [0.15, 0.2) is 5.16 Å². The highest BCUT2D eigenvalue weighted by Crippen LogP contribution is 2.28. The average molecular weight is 461 g/mol. The molecule has 0 fully saturated rings. The van der Waals surface area contributed by atoms with Crippen molar-refractivity contribution in [1.82, 2.24) is 9.55 Å². The van der Waals surface area contributed by atoms with E-state index >= 15 is 0 Å². The summed E-state index contributed by atoms with van der Waals surface area (Å²) in [5.41, 5.74) is 3.00. The second kappa shape index (κ2) is 9.39. The molecule has 160 valence electrons. The first-order valence-electron chi connectivity index (χ1n) is 9.93. The molecule has 2 heterocycles. The zero-order valence-electron chi connectivity index (χ0n) is 17.6. The third-order valence-corrected chi connectivity index (χ3v) is 7.14. The monoisotopic (exact) mass is 460 g/mol. The third-order valence-electron chi connectivity index (χ3n) is 5.07. The van der Waals surface area contributed by atoms with Gasteiger partial charge in [0.1, 0.15) is 4.83 Å². The molecule has 4 rings (SSSR count). The molecule has 0 saturated heterocycles. The normalized spacial score (nSPS) is 10.8. The topological polar surface area (TPSA) is 87.8 Å². The maximum Gasteiger partial charge on any atom is 0.263 e. The molecule has 1 amide bonds. The minimum absolute atomic E-state index is 0.0873. The summed E-state index contributed by atoms with van der Waals surface area (Å²) in [5, 5.41) is 12.9. The van der Waals surface area contributed by atoms with E-state index in [0.717, 1.165) is 16.0 Å².